The Balaban J connectivity index is 2.56. The first kappa shape index (κ1) is 11.9. The monoisotopic (exact) mass is 221 g/mol. The quantitative estimate of drug-likeness (QED) is 0.696. The topological polar surface area (TPSA) is 66.4 Å². The summed E-state index contributed by atoms with van der Waals surface area (Å²) in [6.45, 7) is 0. The first-order chi connectivity index (χ1) is 6.96. The molecule has 1 amide bonds. The number of nitrogens with one attached hydrogen (secondary N) is 1. The lowest BCUT2D eigenvalue weighted by Gasteiger charge is -2.31. The number of carboxylic acid groups (broad SMARTS) is 1. The molecule has 1 atom stereocenters. The molecule has 0 aromatic carbocycles. The minimum atomic E-state index is -2.68. The zero-order chi connectivity index (χ0) is 11.5. The van der Waals surface area contributed by atoms with Gasteiger partial charge in [-0.2, -0.15) is 0 Å². The maximum absolute atomic E-state index is 12.8. The molecule has 1 aliphatic carbocycles. The molecule has 0 radical (unpaired) electrons. The van der Waals surface area contributed by atoms with E-state index in [1.165, 1.54) is 0 Å². The standard InChI is InChI=1S/C9H13F2NO3/c10-9(11)3-1-6(2-4-9)7(8(14)15)12-5-13/h5-7H,1-4H2,(H,12,13)(H,14,15). The van der Waals surface area contributed by atoms with Crippen LogP contribution >= 0.6 is 0 Å². The second-order valence-electron chi connectivity index (χ2n) is 3.79. The van der Waals surface area contributed by atoms with Crippen molar-refractivity contribution in [2.45, 2.75) is 37.6 Å². The Bertz CT molecular complexity index is 248. The molecule has 0 aromatic rings. The molecule has 1 saturated carbocycles. The fraction of sp³-hybridized carbons (Fsp3) is 0.778. The van der Waals surface area contributed by atoms with Crippen molar-refractivity contribution in [1.82, 2.24) is 5.32 Å². The molecule has 1 aliphatic rings. The molecule has 0 saturated heterocycles. The molecule has 0 heterocycles. The van der Waals surface area contributed by atoms with Gasteiger partial charge in [0.15, 0.2) is 0 Å². The van der Waals surface area contributed by atoms with Gasteiger partial charge in [-0.1, -0.05) is 0 Å². The molecular formula is C9H13F2NO3. The summed E-state index contributed by atoms with van der Waals surface area (Å²) in [6.07, 6.45) is -0.0505. The zero-order valence-electron chi connectivity index (χ0n) is 8.08. The highest BCUT2D eigenvalue weighted by Crippen LogP contribution is 2.37. The van der Waals surface area contributed by atoms with E-state index in [0.717, 1.165) is 0 Å². The predicted octanol–water partition coefficient (Wildman–Crippen LogP) is 1.01. The molecule has 6 heteroatoms. The molecule has 2 N–H and O–H groups in total. The van der Waals surface area contributed by atoms with Crippen molar-refractivity contribution in [2.75, 3.05) is 0 Å². The number of amides is 1. The van der Waals surface area contributed by atoms with E-state index < -0.39 is 23.9 Å². The van der Waals surface area contributed by atoms with Crippen molar-refractivity contribution in [1.29, 1.82) is 0 Å². The largest absolute Gasteiger partial charge is 0.480 e. The molecule has 4 nitrogen and oxygen atoms in total. The number of rotatable bonds is 4. The van der Waals surface area contributed by atoms with Crippen LogP contribution in [0, 0.1) is 5.92 Å². The Morgan fingerprint density at radius 2 is 2.00 bits per heavy atom. The molecular weight excluding hydrogens is 208 g/mol. The predicted molar refractivity (Wildman–Crippen MR) is 47.5 cm³/mol. The van der Waals surface area contributed by atoms with Crippen molar-refractivity contribution in [2.24, 2.45) is 5.92 Å². The summed E-state index contributed by atoms with van der Waals surface area (Å²) >= 11 is 0. The van der Waals surface area contributed by atoms with Crippen LogP contribution in [-0.2, 0) is 9.59 Å². The van der Waals surface area contributed by atoms with Crippen LogP contribution in [0.1, 0.15) is 25.7 Å². The fourth-order valence-electron chi connectivity index (χ4n) is 1.88. The molecule has 0 spiro atoms. The van der Waals surface area contributed by atoms with Crippen molar-refractivity contribution in [3.05, 3.63) is 0 Å². The van der Waals surface area contributed by atoms with Crippen LogP contribution in [0.3, 0.4) is 0 Å². The Kier molecular flexibility index (Phi) is 3.60. The second-order valence-corrected chi connectivity index (χ2v) is 3.79. The lowest BCUT2D eigenvalue weighted by atomic mass is 9.82. The maximum Gasteiger partial charge on any atom is 0.326 e. The van der Waals surface area contributed by atoms with E-state index in [9.17, 15) is 18.4 Å². The SMILES string of the molecule is O=CNC(C(=O)O)C1CCC(F)(F)CC1. The summed E-state index contributed by atoms with van der Waals surface area (Å²) in [7, 11) is 0. The molecule has 0 bridgehead atoms. The van der Waals surface area contributed by atoms with Crippen molar-refractivity contribution < 1.29 is 23.5 Å². The van der Waals surface area contributed by atoms with Gasteiger partial charge < -0.3 is 10.4 Å². The van der Waals surface area contributed by atoms with Gasteiger partial charge in [-0.15, -0.1) is 0 Å². The Morgan fingerprint density at radius 3 is 2.40 bits per heavy atom. The van der Waals surface area contributed by atoms with Gasteiger partial charge >= 0.3 is 5.97 Å². The highest BCUT2D eigenvalue weighted by atomic mass is 19.3. The van der Waals surface area contributed by atoms with Crippen molar-refractivity contribution in [3.63, 3.8) is 0 Å². The molecule has 86 valence electrons. The van der Waals surface area contributed by atoms with Crippen LogP contribution in [0.2, 0.25) is 0 Å². The van der Waals surface area contributed by atoms with E-state index in [1.807, 2.05) is 0 Å². The summed E-state index contributed by atoms with van der Waals surface area (Å²) in [5.41, 5.74) is 0. The van der Waals surface area contributed by atoms with Gasteiger partial charge in [0.25, 0.3) is 0 Å². The van der Waals surface area contributed by atoms with Gasteiger partial charge in [0.05, 0.1) is 0 Å². The van der Waals surface area contributed by atoms with Crippen LogP contribution < -0.4 is 5.32 Å². The van der Waals surface area contributed by atoms with Crippen LogP contribution in [-0.4, -0.2) is 29.5 Å². The number of aliphatic carboxylic acids is 1. The summed E-state index contributed by atoms with van der Waals surface area (Å²) in [5, 5.41) is 10.9. The average molecular weight is 221 g/mol. The number of hydrogen-bond donors (Lipinski definition) is 2. The number of carbonyl (C=O) groups excluding carboxylic acids is 1. The third-order valence-corrected chi connectivity index (χ3v) is 2.75. The Morgan fingerprint density at radius 1 is 1.47 bits per heavy atom. The van der Waals surface area contributed by atoms with Gasteiger partial charge in [-0.25, -0.2) is 13.6 Å². The molecule has 0 aliphatic heterocycles. The highest BCUT2D eigenvalue weighted by molar-refractivity contribution is 5.76. The Labute approximate surface area is 85.7 Å². The first-order valence-electron chi connectivity index (χ1n) is 4.76. The number of alkyl halides is 2. The summed E-state index contributed by atoms with van der Waals surface area (Å²) in [6, 6.07) is -1.04. The van der Waals surface area contributed by atoms with Gasteiger partial charge in [0, 0.05) is 12.8 Å². The zero-order valence-corrected chi connectivity index (χ0v) is 8.08. The van der Waals surface area contributed by atoms with Crippen LogP contribution in [0.5, 0.6) is 0 Å². The molecule has 0 aromatic heterocycles. The molecule has 1 fully saturated rings. The van der Waals surface area contributed by atoms with E-state index in [0.29, 0.717) is 6.41 Å². The number of hydrogen-bond acceptors (Lipinski definition) is 2. The molecule has 1 unspecified atom stereocenters. The third kappa shape index (κ3) is 3.14. The van der Waals surface area contributed by atoms with Crippen LogP contribution in [0.25, 0.3) is 0 Å². The minimum Gasteiger partial charge on any atom is -0.480 e. The maximum atomic E-state index is 12.8. The van der Waals surface area contributed by atoms with E-state index in [2.05, 4.69) is 5.32 Å². The summed E-state index contributed by atoms with van der Waals surface area (Å²) in [4.78, 5) is 20.9. The fourth-order valence-corrected chi connectivity index (χ4v) is 1.88. The highest BCUT2D eigenvalue weighted by Gasteiger charge is 2.39. The normalized spacial score (nSPS) is 23.1. The first-order valence-corrected chi connectivity index (χ1v) is 4.76. The minimum absolute atomic E-state index is 0.130. The smallest absolute Gasteiger partial charge is 0.326 e. The summed E-state index contributed by atoms with van der Waals surface area (Å²) < 4.78 is 25.6. The number of carboxylic acids is 1. The second kappa shape index (κ2) is 4.55. The molecule has 15 heavy (non-hydrogen) atoms. The van der Waals surface area contributed by atoms with Crippen LogP contribution in [0.15, 0.2) is 0 Å². The third-order valence-electron chi connectivity index (χ3n) is 2.75. The number of halogens is 2. The van der Waals surface area contributed by atoms with Crippen molar-refractivity contribution >= 4 is 12.4 Å². The average Bonchev–Trinajstić information content (AvgIpc) is 2.14. The lowest BCUT2D eigenvalue weighted by molar-refractivity contribution is -0.143. The van der Waals surface area contributed by atoms with E-state index in [-0.39, 0.29) is 25.7 Å². The van der Waals surface area contributed by atoms with Gasteiger partial charge in [0.2, 0.25) is 12.3 Å². The lowest BCUT2D eigenvalue weighted by Crippen LogP contribution is -2.44. The Hall–Kier alpha value is -1.20. The van der Waals surface area contributed by atoms with Crippen molar-refractivity contribution in [3.8, 4) is 0 Å². The van der Waals surface area contributed by atoms with E-state index >= 15 is 0 Å². The van der Waals surface area contributed by atoms with Crippen LogP contribution in [0.4, 0.5) is 8.78 Å². The van der Waals surface area contributed by atoms with E-state index in [4.69, 9.17) is 5.11 Å². The number of carbonyl (C=O) groups is 2. The van der Waals surface area contributed by atoms with Gasteiger partial charge in [0.1, 0.15) is 6.04 Å². The van der Waals surface area contributed by atoms with E-state index in [1.54, 1.807) is 0 Å². The van der Waals surface area contributed by atoms with Gasteiger partial charge in [-0.3, -0.25) is 4.79 Å². The van der Waals surface area contributed by atoms with Gasteiger partial charge in [-0.05, 0) is 18.8 Å². The summed E-state index contributed by atoms with van der Waals surface area (Å²) in [5.74, 6) is -4.24. The molecule has 1 rings (SSSR count).